The smallest absolute Gasteiger partial charge is 0.347 e. The first-order valence-corrected chi connectivity index (χ1v) is 6.41. The molecule has 18 heavy (non-hydrogen) atoms. The average molecular weight is 254 g/mol. The van der Waals surface area contributed by atoms with E-state index < -0.39 is 11.4 Å². The maximum Gasteiger partial charge on any atom is 0.347 e. The molecule has 6 nitrogen and oxygen atoms in total. The maximum atomic E-state index is 12.1. The van der Waals surface area contributed by atoms with Gasteiger partial charge in [0, 0.05) is 13.0 Å². The van der Waals surface area contributed by atoms with Crippen LogP contribution in [-0.4, -0.2) is 35.9 Å². The molecule has 1 aliphatic carbocycles. The molecule has 6 heteroatoms. The molecule has 0 aromatic carbocycles. The molecule has 1 saturated heterocycles. The molecule has 1 N–H and O–H groups in total. The number of hydrogen-bond donors (Lipinski definition) is 1. The van der Waals surface area contributed by atoms with Crippen molar-refractivity contribution in [2.45, 2.75) is 39.0 Å². The van der Waals surface area contributed by atoms with Crippen LogP contribution in [0.2, 0.25) is 0 Å². The Balaban J connectivity index is 2.01. The van der Waals surface area contributed by atoms with E-state index in [0.29, 0.717) is 38.8 Å². The lowest BCUT2D eigenvalue weighted by atomic mass is 9.68. The van der Waals surface area contributed by atoms with Crippen LogP contribution in [0.1, 0.15) is 39.0 Å². The largest absolute Gasteiger partial charge is 0.355 e. The summed E-state index contributed by atoms with van der Waals surface area (Å²) in [6.07, 6.45) is 2.93. The summed E-state index contributed by atoms with van der Waals surface area (Å²) in [5.41, 5.74) is -1.07. The fourth-order valence-electron chi connectivity index (χ4n) is 2.29. The van der Waals surface area contributed by atoms with Gasteiger partial charge in [0.25, 0.3) is 5.91 Å². The van der Waals surface area contributed by atoms with Crippen LogP contribution in [0.25, 0.3) is 0 Å². The topological polar surface area (TPSA) is 75.7 Å². The number of nitrogens with one attached hydrogen (secondary N) is 1. The molecule has 0 spiro atoms. The molecule has 0 bridgehead atoms. The number of hydroxylamine groups is 2. The Bertz CT molecular complexity index is 376. The van der Waals surface area contributed by atoms with Gasteiger partial charge in [-0.15, -0.1) is 0 Å². The number of rotatable bonds is 4. The molecule has 2 fully saturated rings. The molecule has 1 heterocycles. The fraction of sp³-hybridized carbons (Fsp3) is 0.750. The Morgan fingerprint density at radius 2 is 2.11 bits per heavy atom. The first kappa shape index (κ1) is 12.9. The number of carbonyl (C=O) groups excluding carboxylic acids is 3. The summed E-state index contributed by atoms with van der Waals surface area (Å²) in [5.74, 6) is -1.06. The van der Waals surface area contributed by atoms with E-state index in [1.54, 1.807) is 6.92 Å². The summed E-state index contributed by atoms with van der Waals surface area (Å²) in [4.78, 5) is 40.5. The lowest BCUT2D eigenvalue weighted by Gasteiger charge is -2.37. The molecule has 2 amide bonds. The molecule has 2 aliphatic rings. The highest BCUT2D eigenvalue weighted by molar-refractivity contribution is 6.03. The zero-order valence-corrected chi connectivity index (χ0v) is 10.5. The second kappa shape index (κ2) is 4.96. The molecule has 0 atom stereocenters. The van der Waals surface area contributed by atoms with Crippen LogP contribution in [0.5, 0.6) is 0 Å². The highest BCUT2D eigenvalue weighted by atomic mass is 16.7. The lowest BCUT2D eigenvalue weighted by molar-refractivity contribution is -0.207. The van der Waals surface area contributed by atoms with Crippen LogP contribution in [0, 0.1) is 5.41 Å². The minimum Gasteiger partial charge on any atom is -0.355 e. The van der Waals surface area contributed by atoms with Crippen LogP contribution in [0.3, 0.4) is 0 Å². The van der Waals surface area contributed by atoms with Crippen molar-refractivity contribution in [2.24, 2.45) is 5.41 Å². The third-order valence-electron chi connectivity index (χ3n) is 3.59. The van der Waals surface area contributed by atoms with Gasteiger partial charge in [-0.25, -0.2) is 4.79 Å². The Labute approximate surface area is 106 Å². The molecule has 0 unspecified atom stereocenters. The fourth-order valence-corrected chi connectivity index (χ4v) is 2.29. The Morgan fingerprint density at radius 1 is 1.39 bits per heavy atom. The van der Waals surface area contributed by atoms with Crippen LogP contribution in [0.4, 0.5) is 0 Å². The van der Waals surface area contributed by atoms with Gasteiger partial charge in [0.1, 0.15) is 5.41 Å². The highest BCUT2D eigenvalue weighted by Gasteiger charge is 2.53. The number of nitrogens with zero attached hydrogens (tertiary/aromatic N) is 1. The average Bonchev–Trinajstić information content (AvgIpc) is 2.63. The number of carbonyl (C=O) groups is 3. The van der Waals surface area contributed by atoms with E-state index in [9.17, 15) is 14.4 Å². The minimum absolute atomic E-state index is 0.186. The summed E-state index contributed by atoms with van der Waals surface area (Å²) in [7, 11) is 0. The summed E-state index contributed by atoms with van der Waals surface area (Å²) in [6, 6.07) is 0. The van der Waals surface area contributed by atoms with E-state index >= 15 is 0 Å². The Hall–Kier alpha value is -1.59. The first-order chi connectivity index (χ1) is 8.60. The van der Waals surface area contributed by atoms with Crippen molar-refractivity contribution in [2.75, 3.05) is 13.1 Å². The molecule has 0 aromatic heterocycles. The zero-order valence-electron chi connectivity index (χ0n) is 10.5. The van der Waals surface area contributed by atoms with Gasteiger partial charge < -0.3 is 10.2 Å². The van der Waals surface area contributed by atoms with Crippen molar-refractivity contribution in [3.63, 3.8) is 0 Å². The Morgan fingerprint density at radius 3 is 2.56 bits per heavy atom. The summed E-state index contributed by atoms with van der Waals surface area (Å²) < 4.78 is 0. The predicted molar refractivity (Wildman–Crippen MR) is 62.0 cm³/mol. The van der Waals surface area contributed by atoms with Crippen molar-refractivity contribution in [1.29, 1.82) is 0 Å². The predicted octanol–water partition coefficient (Wildman–Crippen LogP) is 0.373. The second-order valence-corrected chi connectivity index (χ2v) is 4.77. The number of hydrogen-bond acceptors (Lipinski definition) is 4. The second-order valence-electron chi connectivity index (χ2n) is 4.77. The summed E-state index contributed by atoms with van der Waals surface area (Å²) in [6.45, 7) is 2.71. The zero-order chi connectivity index (χ0) is 13.2. The molecule has 1 aliphatic heterocycles. The van der Waals surface area contributed by atoms with Crippen molar-refractivity contribution in [3.05, 3.63) is 0 Å². The van der Waals surface area contributed by atoms with Crippen molar-refractivity contribution in [3.8, 4) is 0 Å². The van der Waals surface area contributed by atoms with Gasteiger partial charge in [-0.05, 0) is 26.2 Å². The van der Waals surface area contributed by atoms with E-state index in [2.05, 4.69) is 5.32 Å². The van der Waals surface area contributed by atoms with E-state index in [-0.39, 0.29) is 11.8 Å². The van der Waals surface area contributed by atoms with Gasteiger partial charge in [0.05, 0.1) is 6.54 Å². The molecule has 2 rings (SSSR count). The van der Waals surface area contributed by atoms with E-state index in [4.69, 9.17) is 4.84 Å². The standard InChI is InChI=1S/C12H18N2O4/c1-2-13-10(16)12(6-4-7-12)11(17)18-14-8-3-5-9(14)15/h2-8H2,1H3,(H,13,16). The SMILES string of the molecule is CCNC(=O)C1(C(=O)ON2CCCC2=O)CCC1. The van der Waals surface area contributed by atoms with Gasteiger partial charge in [-0.2, -0.15) is 5.06 Å². The van der Waals surface area contributed by atoms with Gasteiger partial charge >= 0.3 is 5.97 Å². The lowest BCUT2D eigenvalue weighted by Crippen LogP contribution is -2.53. The quantitative estimate of drug-likeness (QED) is 0.736. The molecular weight excluding hydrogens is 236 g/mol. The monoisotopic (exact) mass is 254 g/mol. The highest BCUT2D eigenvalue weighted by Crippen LogP contribution is 2.42. The van der Waals surface area contributed by atoms with Crippen molar-refractivity contribution < 1.29 is 19.2 Å². The third-order valence-corrected chi connectivity index (χ3v) is 3.59. The Kier molecular flexibility index (Phi) is 3.54. The van der Waals surface area contributed by atoms with E-state index in [1.165, 1.54) is 0 Å². The van der Waals surface area contributed by atoms with Gasteiger partial charge in [0.2, 0.25) is 5.91 Å². The molecule has 100 valence electrons. The summed E-state index contributed by atoms with van der Waals surface area (Å²) in [5, 5.41) is 3.75. The maximum absolute atomic E-state index is 12.1. The van der Waals surface area contributed by atoms with Crippen molar-refractivity contribution in [1.82, 2.24) is 10.4 Å². The van der Waals surface area contributed by atoms with Crippen LogP contribution in [0.15, 0.2) is 0 Å². The van der Waals surface area contributed by atoms with Crippen LogP contribution >= 0.6 is 0 Å². The normalized spacial score (nSPS) is 21.4. The molecule has 0 aromatic rings. The first-order valence-electron chi connectivity index (χ1n) is 6.41. The van der Waals surface area contributed by atoms with Crippen molar-refractivity contribution >= 4 is 17.8 Å². The molecule has 0 radical (unpaired) electrons. The molecule has 1 saturated carbocycles. The van der Waals surface area contributed by atoms with Gasteiger partial charge in [-0.1, -0.05) is 6.42 Å². The van der Waals surface area contributed by atoms with Gasteiger partial charge in [-0.3, -0.25) is 9.59 Å². The number of amides is 2. The summed E-state index contributed by atoms with van der Waals surface area (Å²) >= 11 is 0. The molecular formula is C12H18N2O4. The van der Waals surface area contributed by atoms with Crippen LogP contribution in [-0.2, 0) is 19.2 Å². The minimum atomic E-state index is -1.07. The van der Waals surface area contributed by atoms with Crippen LogP contribution < -0.4 is 5.32 Å². The van der Waals surface area contributed by atoms with E-state index in [0.717, 1.165) is 11.5 Å². The third kappa shape index (κ3) is 2.07. The van der Waals surface area contributed by atoms with Gasteiger partial charge in [0.15, 0.2) is 0 Å². The van der Waals surface area contributed by atoms with E-state index in [1.807, 2.05) is 0 Å².